The Hall–Kier alpha value is -2.76. The summed E-state index contributed by atoms with van der Waals surface area (Å²) in [5, 5.41) is 2.64. The zero-order valence-electron chi connectivity index (χ0n) is 15.4. The number of hydrogen-bond acceptors (Lipinski definition) is 5. The monoisotopic (exact) mass is 359 g/mol. The van der Waals surface area contributed by atoms with Crippen LogP contribution in [0.2, 0.25) is 0 Å². The molecule has 1 amide bonds. The Kier molecular flexibility index (Phi) is 7.26. The Balaban J connectivity index is 1.80. The molecule has 1 unspecified atom stereocenters. The lowest BCUT2D eigenvalue weighted by atomic mass is 10.0. The van der Waals surface area contributed by atoms with Crippen LogP contribution in [0.3, 0.4) is 0 Å². The largest absolute Gasteiger partial charge is 0.490 e. The lowest BCUT2D eigenvalue weighted by Gasteiger charge is -2.20. The highest BCUT2D eigenvalue weighted by molar-refractivity contribution is 5.94. The van der Waals surface area contributed by atoms with Gasteiger partial charge in [-0.15, -0.1) is 0 Å². The van der Waals surface area contributed by atoms with Crippen LogP contribution < -0.4 is 10.1 Å². The minimum absolute atomic E-state index is 0.106. The predicted octanol–water partition coefficient (Wildman–Crippen LogP) is 3.22. The normalized spacial score (nSPS) is 11.8. The van der Waals surface area contributed by atoms with Crippen molar-refractivity contribution in [1.29, 1.82) is 0 Å². The standard InChI is InChI=1S/C20H25NO5/c1-4-15-7-5-8-16(13-15)24-11-12-26-20(23)18(14(2)3)21-19(22)17-9-6-10-25-17/h5-10,13-14,18H,4,11-12H2,1-3H3,(H,21,22). The van der Waals surface area contributed by atoms with E-state index in [1.165, 1.54) is 17.9 Å². The highest BCUT2D eigenvalue weighted by Gasteiger charge is 2.26. The molecule has 1 aromatic carbocycles. The first-order chi connectivity index (χ1) is 12.5. The van der Waals surface area contributed by atoms with Gasteiger partial charge < -0.3 is 19.2 Å². The van der Waals surface area contributed by atoms with Gasteiger partial charge in [-0.25, -0.2) is 4.79 Å². The van der Waals surface area contributed by atoms with Crippen LogP contribution in [-0.4, -0.2) is 31.1 Å². The van der Waals surface area contributed by atoms with E-state index in [-0.39, 0.29) is 24.9 Å². The van der Waals surface area contributed by atoms with Crippen molar-refractivity contribution in [2.75, 3.05) is 13.2 Å². The van der Waals surface area contributed by atoms with E-state index in [0.717, 1.165) is 12.2 Å². The molecule has 1 aromatic heterocycles. The molecule has 0 aliphatic heterocycles. The number of carbonyl (C=O) groups is 2. The summed E-state index contributed by atoms with van der Waals surface area (Å²) in [4.78, 5) is 24.3. The van der Waals surface area contributed by atoms with Crippen molar-refractivity contribution in [2.45, 2.75) is 33.2 Å². The molecule has 0 saturated heterocycles. The van der Waals surface area contributed by atoms with Crippen molar-refractivity contribution in [3.8, 4) is 5.75 Å². The number of furan rings is 1. The number of benzene rings is 1. The van der Waals surface area contributed by atoms with Crippen LogP contribution in [0.5, 0.6) is 5.75 Å². The van der Waals surface area contributed by atoms with Gasteiger partial charge in [0.05, 0.1) is 6.26 Å². The van der Waals surface area contributed by atoms with Crippen molar-refractivity contribution in [3.05, 3.63) is 54.0 Å². The van der Waals surface area contributed by atoms with Crippen molar-refractivity contribution < 1.29 is 23.5 Å². The predicted molar refractivity (Wildman–Crippen MR) is 97.1 cm³/mol. The number of aryl methyl sites for hydroxylation is 1. The molecule has 0 radical (unpaired) electrons. The molecule has 0 aliphatic carbocycles. The first kappa shape index (κ1) is 19.6. The van der Waals surface area contributed by atoms with Gasteiger partial charge in [-0.3, -0.25) is 4.79 Å². The first-order valence-corrected chi connectivity index (χ1v) is 8.74. The minimum Gasteiger partial charge on any atom is -0.490 e. The van der Waals surface area contributed by atoms with E-state index in [4.69, 9.17) is 13.9 Å². The van der Waals surface area contributed by atoms with Crippen molar-refractivity contribution in [3.63, 3.8) is 0 Å². The molecule has 0 fully saturated rings. The van der Waals surface area contributed by atoms with Gasteiger partial charge in [0.25, 0.3) is 5.91 Å². The maximum Gasteiger partial charge on any atom is 0.329 e. The number of esters is 1. The van der Waals surface area contributed by atoms with E-state index in [1.54, 1.807) is 6.07 Å². The average molecular weight is 359 g/mol. The van der Waals surface area contributed by atoms with E-state index in [2.05, 4.69) is 12.2 Å². The lowest BCUT2D eigenvalue weighted by Crippen LogP contribution is -2.45. The summed E-state index contributed by atoms with van der Waals surface area (Å²) in [7, 11) is 0. The summed E-state index contributed by atoms with van der Waals surface area (Å²) in [6.07, 6.45) is 2.33. The fourth-order valence-corrected chi connectivity index (χ4v) is 2.36. The van der Waals surface area contributed by atoms with Crippen LogP contribution in [0, 0.1) is 5.92 Å². The number of carbonyl (C=O) groups excluding carboxylic acids is 2. The van der Waals surface area contributed by atoms with Gasteiger partial charge in [-0.05, 0) is 42.2 Å². The van der Waals surface area contributed by atoms with Crippen LogP contribution in [-0.2, 0) is 16.0 Å². The highest BCUT2D eigenvalue weighted by Crippen LogP contribution is 2.13. The molecule has 2 aromatic rings. The average Bonchev–Trinajstić information content (AvgIpc) is 3.17. The topological polar surface area (TPSA) is 77.8 Å². The summed E-state index contributed by atoms with van der Waals surface area (Å²) in [6, 6.07) is 10.2. The Morgan fingerprint density at radius 1 is 1.15 bits per heavy atom. The molecule has 1 N–H and O–H groups in total. The van der Waals surface area contributed by atoms with E-state index >= 15 is 0 Å². The fourth-order valence-electron chi connectivity index (χ4n) is 2.36. The van der Waals surface area contributed by atoms with Gasteiger partial charge >= 0.3 is 5.97 Å². The van der Waals surface area contributed by atoms with Crippen LogP contribution in [0.15, 0.2) is 47.1 Å². The molecule has 2 rings (SSSR count). The smallest absolute Gasteiger partial charge is 0.329 e. The summed E-state index contributed by atoms with van der Waals surface area (Å²) in [6.45, 7) is 6.09. The van der Waals surface area contributed by atoms with Gasteiger partial charge in [0.2, 0.25) is 0 Å². The van der Waals surface area contributed by atoms with Crippen LogP contribution in [0.25, 0.3) is 0 Å². The summed E-state index contributed by atoms with van der Waals surface area (Å²) in [5.74, 6) is -0.165. The second kappa shape index (κ2) is 9.65. The summed E-state index contributed by atoms with van der Waals surface area (Å²) in [5.41, 5.74) is 1.18. The third-order valence-electron chi connectivity index (χ3n) is 3.86. The second-order valence-electron chi connectivity index (χ2n) is 6.19. The van der Waals surface area contributed by atoms with Crippen LogP contribution in [0.1, 0.15) is 36.9 Å². The minimum atomic E-state index is -0.754. The number of amides is 1. The zero-order valence-corrected chi connectivity index (χ0v) is 15.4. The van der Waals surface area contributed by atoms with E-state index in [9.17, 15) is 9.59 Å². The Morgan fingerprint density at radius 3 is 2.62 bits per heavy atom. The number of nitrogens with one attached hydrogen (secondary N) is 1. The molecule has 0 bridgehead atoms. The van der Waals surface area contributed by atoms with Crippen molar-refractivity contribution in [1.82, 2.24) is 5.32 Å². The van der Waals surface area contributed by atoms with Gasteiger partial charge in [0, 0.05) is 0 Å². The SMILES string of the molecule is CCc1cccc(OCCOC(=O)C(NC(=O)c2ccco2)C(C)C)c1. The quantitative estimate of drug-likeness (QED) is 0.549. The molecule has 0 aliphatic rings. The van der Waals surface area contributed by atoms with Crippen LogP contribution >= 0.6 is 0 Å². The fraction of sp³-hybridized carbons (Fsp3) is 0.400. The van der Waals surface area contributed by atoms with E-state index in [1.807, 2.05) is 38.1 Å². The Labute approximate surface area is 153 Å². The maximum atomic E-state index is 12.3. The molecule has 26 heavy (non-hydrogen) atoms. The van der Waals surface area contributed by atoms with Gasteiger partial charge in [-0.1, -0.05) is 32.9 Å². The molecule has 0 saturated carbocycles. The van der Waals surface area contributed by atoms with Gasteiger partial charge in [0.15, 0.2) is 5.76 Å². The summed E-state index contributed by atoms with van der Waals surface area (Å²) >= 11 is 0. The van der Waals surface area contributed by atoms with Gasteiger partial charge in [0.1, 0.15) is 25.0 Å². The first-order valence-electron chi connectivity index (χ1n) is 8.74. The molecule has 0 spiro atoms. The summed E-state index contributed by atoms with van der Waals surface area (Å²) < 4.78 is 15.9. The maximum absolute atomic E-state index is 12.3. The number of hydrogen-bond donors (Lipinski definition) is 1. The number of ether oxygens (including phenoxy) is 2. The third-order valence-corrected chi connectivity index (χ3v) is 3.86. The molecular formula is C20H25NO5. The molecule has 6 heteroatoms. The van der Waals surface area contributed by atoms with Crippen molar-refractivity contribution >= 4 is 11.9 Å². The number of rotatable bonds is 9. The van der Waals surface area contributed by atoms with Gasteiger partial charge in [-0.2, -0.15) is 0 Å². The van der Waals surface area contributed by atoms with Crippen LogP contribution in [0.4, 0.5) is 0 Å². The molecule has 6 nitrogen and oxygen atoms in total. The molecule has 1 atom stereocenters. The molecule has 1 heterocycles. The highest BCUT2D eigenvalue weighted by atomic mass is 16.6. The van der Waals surface area contributed by atoms with E-state index in [0.29, 0.717) is 0 Å². The lowest BCUT2D eigenvalue weighted by molar-refractivity contribution is -0.147. The Morgan fingerprint density at radius 2 is 1.96 bits per heavy atom. The second-order valence-corrected chi connectivity index (χ2v) is 6.19. The van der Waals surface area contributed by atoms with E-state index < -0.39 is 17.9 Å². The third kappa shape index (κ3) is 5.65. The Bertz CT molecular complexity index is 709. The zero-order chi connectivity index (χ0) is 18.9. The molecule has 140 valence electrons. The van der Waals surface area contributed by atoms with Crippen molar-refractivity contribution in [2.24, 2.45) is 5.92 Å². The molecular weight excluding hydrogens is 334 g/mol.